The maximum atomic E-state index is 11.2. The lowest BCUT2D eigenvalue weighted by atomic mass is 10.1. The molecule has 0 saturated heterocycles. The largest absolute Gasteiger partial charge is 0.478 e. The van der Waals surface area contributed by atoms with Crippen LogP contribution in [0, 0.1) is 13.8 Å². The Hall–Kier alpha value is -2.82. The molecule has 0 heterocycles. The van der Waals surface area contributed by atoms with Crippen LogP contribution in [0.1, 0.15) is 31.8 Å². The maximum absolute atomic E-state index is 11.2. The third-order valence-corrected chi connectivity index (χ3v) is 3.24. The van der Waals surface area contributed by atoms with Crippen molar-refractivity contribution < 1.29 is 14.7 Å². The second kappa shape index (κ2) is 5.66. The Labute approximate surface area is 122 Å². The number of carboxylic acid groups (broad SMARTS) is 1. The zero-order valence-electron chi connectivity index (χ0n) is 11.8. The van der Waals surface area contributed by atoms with Crippen LogP contribution < -0.4 is 11.1 Å². The molecule has 0 spiro atoms. The predicted octanol–water partition coefficient (Wildman–Crippen LogP) is 2.84. The number of aromatic carboxylic acids is 1. The molecule has 0 aliphatic rings. The zero-order chi connectivity index (χ0) is 15.6. The van der Waals surface area contributed by atoms with Crippen molar-refractivity contribution in [2.45, 2.75) is 13.8 Å². The molecule has 0 unspecified atom stereocenters. The van der Waals surface area contributed by atoms with E-state index in [4.69, 9.17) is 10.8 Å². The predicted molar refractivity (Wildman–Crippen MR) is 81.1 cm³/mol. The van der Waals surface area contributed by atoms with Gasteiger partial charge in [0.05, 0.1) is 5.56 Å². The van der Waals surface area contributed by atoms with Crippen molar-refractivity contribution in [3.63, 3.8) is 0 Å². The lowest BCUT2D eigenvalue weighted by Gasteiger charge is -2.10. The molecule has 21 heavy (non-hydrogen) atoms. The number of carbonyl (C=O) groups excluding carboxylic acids is 1. The fourth-order valence-electron chi connectivity index (χ4n) is 2.17. The minimum absolute atomic E-state index is 0.279. The summed E-state index contributed by atoms with van der Waals surface area (Å²) in [5, 5.41) is 12.2. The lowest BCUT2D eigenvalue weighted by Crippen LogP contribution is -2.12. The minimum atomic E-state index is -0.944. The van der Waals surface area contributed by atoms with Crippen molar-refractivity contribution in [2.24, 2.45) is 5.73 Å². The summed E-state index contributed by atoms with van der Waals surface area (Å²) >= 11 is 0. The van der Waals surface area contributed by atoms with Gasteiger partial charge in [0.1, 0.15) is 0 Å². The molecule has 0 fully saturated rings. The molecule has 0 atom stereocenters. The minimum Gasteiger partial charge on any atom is -0.478 e. The quantitative estimate of drug-likeness (QED) is 0.805. The molecule has 4 N–H and O–H groups in total. The third-order valence-electron chi connectivity index (χ3n) is 3.24. The number of carbonyl (C=O) groups is 2. The van der Waals surface area contributed by atoms with Crippen molar-refractivity contribution in [1.29, 1.82) is 0 Å². The van der Waals surface area contributed by atoms with Crippen LogP contribution >= 0.6 is 0 Å². The average Bonchev–Trinajstić information content (AvgIpc) is 2.37. The highest BCUT2D eigenvalue weighted by Gasteiger charge is 2.08. The fourth-order valence-corrected chi connectivity index (χ4v) is 2.17. The molecule has 0 bridgehead atoms. The summed E-state index contributed by atoms with van der Waals surface area (Å²) in [4.78, 5) is 22.2. The monoisotopic (exact) mass is 284 g/mol. The van der Waals surface area contributed by atoms with Crippen molar-refractivity contribution in [3.8, 4) is 0 Å². The number of carboxylic acids is 1. The van der Waals surface area contributed by atoms with Gasteiger partial charge in [0.15, 0.2) is 0 Å². The van der Waals surface area contributed by atoms with E-state index >= 15 is 0 Å². The third kappa shape index (κ3) is 3.20. The number of hydrogen-bond acceptors (Lipinski definition) is 3. The molecule has 2 rings (SSSR count). The van der Waals surface area contributed by atoms with Crippen LogP contribution in [0.4, 0.5) is 11.4 Å². The number of anilines is 2. The van der Waals surface area contributed by atoms with E-state index < -0.39 is 11.9 Å². The van der Waals surface area contributed by atoms with Crippen LogP contribution in [-0.2, 0) is 0 Å². The average molecular weight is 284 g/mol. The number of nitrogens with one attached hydrogen (secondary N) is 1. The Balaban J connectivity index is 2.26. The van der Waals surface area contributed by atoms with Crippen LogP contribution in [0.3, 0.4) is 0 Å². The standard InChI is InChI=1S/C16H16N2O3/c1-9-7-11(3-5-13(9)15(17)19)18-12-4-6-14(16(20)21)10(2)8-12/h3-8,18H,1-2H3,(H2,17,19)(H,20,21). The summed E-state index contributed by atoms with van der Waals surface area (Å²) in [6.45, 7) is 3.56. The van der Waals surface area contributed by atoms with Crippen LogP contribution in [0.2, 0.25) is 0 Å². The van der Waals surface area contributed by atoms with Gasteiger partial charge in [0.25, 0.3) is 0 Å². The second-order valence-electron chi connectivity index (χ2n) is 4.85. The highest BCUT2D eigenvalue weighted by Crippen LogP contribution is 2.22. The molecule has 0 aliphatic heterocycles. The summed E-state index contributed by atoms with van der Waals surface area (Å²) in [7, 11) is 0. The molecular weight excluding hydrogens is 268 g/mol. The molecule has 0 radical (unpaired) electrons. The number of primary amides is 1. The van der Waals surface area contributed by atoms with Crippen LogP contribution in [-0.4, -0.2) is 17.0 Å². The molecule has 2 aromatic rings. The van der Waals surface area contributed by atoms with Crippen molar-refractivity contribution in [2.75, 3.05) is 5.32 Å². The van der Waals surface area contributed by atoms with Gasteiger partial charge in [-0.15, -0.1) is 0 Å². The highest BCUT2D eigenvalue weighted by molar-refractivity contribution is 5.95. The first-order valence-electron chi connectivity index (χ1n) is 6.40. The van der Waals surface area contributed by atoms with Gasteiger partial charge in [-0.3, -0.25) is 4.79 Å². The molecule has 2 aromatic carbocycles. The topological polar surface area (TPSA) is 92.4 Å². The summed E-state index contributed by atoms with van der Waals surface area (Å²) in [6, 6.07) is 10.3. The molecule has 0 saturated carbocycles. The van der Waals surface area contributed by atoms with E-state index in [0.29, 0.717) is 11.1 Å². The number of hydrogen-bond donors (Lipinski definition) is 3. The molecular formula is C16H16N2O3. The number of benzene rings is 2. The molecule has 108 valence electrons. The smallest absolute Gasteiger partial charge is 0.335 e. The van der Waals surface area contributed by atoms with E-state index in [1.54, 1.807) is 37.3 Å². The van der Waals surface area contributed by atoms with Gasteiger partial charge in [-0.1, -0.05) is 0 Å². The Morgan fingerprint density at radius 2 is 1.43 bits per heavy atom. The van der Waals surface area contributed by atoms with E-state index in [1.165, 1.54) is 0 Å². The van der Waals surface area contributed by atoms with Crippen LogP contribution in [0.15, 0.2) is 36.4 Å². The zero-order valence-corrected chi connectivity index (χ0v) is 11.8. The number of amides is 1. The highest BCUT2D eigenvalue weighted by atomic mass is 16.4. The molecule has 5 nitrogen and oxygen atoms in total. The van der Waals surface area contributed by atoms with Crippen molar-refractivity contribution in [3.05, 3.63) is 58.7 Å². The number of nitrogens with two attached hydrogens (primary N) is 1. The fraction of sp³-hybridized carbons (Fsp3) is 0.125. The van der Waals surface area contributed by atoms with Gasteiger partial charge in [0.2, 0.25) is 5.91 Å². The normalized spacial score (nSPS) is 10.2. The lowest BCUT2D eigenvalue weighted by molar-refractivity contribution is 0.0696. The van der Waals surface area contributed by atoms with E-state index in [2.05, 4.69) is 5.32 Å². The summed E-state index contributed by atoms with van der Waals surface area (Å²) in [5.74, 6) is -1.40. The van der Waals surface area contributed by atoms with Gasteiger partial charge in [0, 0.05) is 16.9 Å². The van der Waals surface area contributed by atoms with Gasteiger partial charge in [-0.25, -0.2) is 4.79 Å². The Bertz CT molecular complexity index is 662. The van der Waals surface area contributed by atoms with Crippen LogP contribution in [0.25, 0.3) is 0 Å². The van der Waals surface area contributed by atoms with Gasteiger partial charge < -0.3 is 16.2 Å². The Morgan fingerprint density at radius 1 is 0.952 bits per heavy atom. The Morgan fingerprint density at radius 3 is 1.81 bits per heavy atom. The first-order valence-corrected chi connectivity index (χ1v) is 6.40. The molecule has 0 aromatic heterocycles. The van der Waals surface area contributed by atoms with Crippen molar-refractivity contribution in [1.82, 2.24) is 0 Å². The summed E-state index contributed by atoms with van der Waals surface area (Å²) < 4.78 is 0. The van der Waals surface area contributed by atoms with E-state index in [0.717, 1.165) is 16.9 Å². The Kier molecular flexibility index (Phi) is 3.93. The first kappa shape index (κ1) is 14.6. The SMILES string of the molecule is Cc1cc(Nc2ccc(C(=O)O)c(C)c2)ccc1C(N)=O. The van der Waals surface area contributed by atoms with Crippen molar-refractivity contribution >= 4 is 23.3 Å². The van der Waals surface area contributed by atoms with Crippen LogP contribution in [0.5, 0.6) is 0 Å². The second-order valence-corrected chi connectivity index (χ2v) is 4.85. The molecule has 0 aliphatic carbocycles. The molecule has 5 heteroatoms. The summed E-state index contributed by atoms with van der Waals surface area (Å²) in [6.07, 6.45) is 0. The first-order chi connectivity index (χ1) is 9.88. The number of aryl methyl sites for hydroxylation is 2. The van der Waals surface area contributed by atoms with E-state index in [1.807, 2.05) is 13.0 Å². The van der Waals surface area contributed by atoms with Gasteiger partial charge >= 0.3 is 5.97 Å². The summed E-state index contributed by atoms with van der Waals surface area (Å²) in [5.41, 5.74) is 9.08. The van der Waals surface area contributed by atoms with E-state index in [9.17, 15) is 9.59 Å². The number of rotatable bonds is 4. The van der Waals surface area contributed by atoms with Gasteiger partial charge in [-0.2, -0.15) is 0 Å². The van der Waals surface area contributed by atoms with Gasteiger partial charge in [-0.05, 0) is 61.4 Å². The maximum Gasteiger partial charge on any atom is 0.335 e. The molecule has 1 amide bonds. The van der Waals surface area contributed by atoms with E-state index in [-0.39, 0.29) is 5.56 Å².